The molecule has 1 aromatic heterocycles. The Bertz CT molecular complexity index is 1100. The SMILES string of the molecule is CC1(C(O)CN2CCC(n3c(=O)[nH]c4ccccc43)CC2)COc2ccccc2O1. The summed E-state index contributed by atoms with van der Waals surface area (Å²) in [7, 11) is 0. The number of hydrogen-bond donors (Lipinski definition) is 2. The summed E-state index contributed by atoms with van der Waals surface area (Å²) in [5.74, 6) is 1.38. The Morgan fingerprint density at radius 1 is 1.13 bits per heavy atom. The molecule has 2 unspecified atom stereocenters. The van der Waals surface area contributed by atoms with Crippen molar-refractivity contribution < 1.29 is 14.6 Å². The number of aromatic amines is 1. The van der Waals surface area contributed by atoms with E-state index in [1.54, 1.807) is 0 Å². The number of benzene rings is 2. The van der Waals surface area contributed by atoms with Gasteiger partial charge in [-0.3, -0.25) is 4.57 Å². The molecule has 0 bridgehead atoms. The van der Waals surface area contributed by atoms with Crippen molar-refractivity contribution in [1.82, 2.24) is 14.5 Å². The lowest BCUT2D eigenvalue weighted by molar-refractivity contribution is -0.0952. The second kappa shape index (κ2) is 7.49. The first-order valence-electron chi connectivity index (χ1n) is 10.5. The van der Waals surface area contributed by atoms with Gasteiger partial charge in [0.1, 0.15) is 12.7 Å². The lowest BCUT2D eigenvalue weighted by atomic mass is 9.96. The van der Waals surface area contributed by atoms with Crippen LogP contribution in [-0.4, -0.2) is 57.5 Å². The molecule has 7 nitrogen and oxygen atoms in total. The number of ether oxygens (including phenoxy) is 2. The molecule has 3 heterocycles. The quantitative estimate of drug-likeness (QED) is 0.692. The highest BCUT2D eigenvalue weighted by molar-refractivity contribution is 5.75. The molecule has 2 aliphatic rings. The smallest absolute Gasteiger partial charge is 0.326 e. The van der Waals surface area contributed by atoms with Crippen molar-refractivity contribution >= 4 is 11.0 Å². The van der Waals surface area contributed by atoms with Gasteiger partial charge < -0.3 is 24.5 Å². The van der Waals surface area contributed by atoms with Crippen molar-refractivity contribution in [3.8, 4) is 11.5 Å². The normalized spacial score (nSPS) is 23.5. The average molecular weight is 409 g/mol. The van der Waals surface area contributed by atoms with Gasteiger partial charge in [-0.25, -0.2) is 4.79 Å². The fourth-order valence-corrected chi connectivity index (χ4v) is 4.55. The summed E-state index contributed by atoms with van der Waals surface area (Å²) < 4.78 is 13.8. The number of rotatable bonds is 4. The molecule has 0 aliphatic carbocycles. The number of hydrogen-bond acceptors (Lipinski definition) is 5. The van der Waals surface area contributed by atoms with Crippen molar-refractivity contribution in [3.05, 3.63) is 59.0 Å². The predicted molar refractivity (Wildman–Crippen MR) is 114 cm³/mol. The number of aliphatic hydroxyl groups is 1. The van der Waals surface area contributed by atoms with Crippen LogP contribution in [0.1, 0.15) is 25.8 Å². The maximum Gasteiger partial charge on any atom is 0.326 e. The van der Waals surface area contributed by atoms with E-state index >= 15 is 0 Å². The van der Waals surface area contributed by atoms with Gasteiger partial charge in [0.25, 0.3) is 0 Å². The molecule has 1 fully saturated rings. The van der Waals surface area contributed by atoms with Crippen molar-refractivity contribution in [2.45, 2.75) is 37.5 Å². The summed E-state index contributed by atoms with van der Waals surface area (Å²) in [5.41, 5.74) is 0.996. The largest absolute Gasteiger partial charge is 0.485 e. The lowest BCUT2D eigenvalue weighted by Gasteiger charge is -2.41. The monoisotopic (exact) mass is 409 g/mol. The van der Waals surface area contributed by atoms with Crippen molar-refractivity contribution in [3.63, 3.8) is 0 Å². The number of likely N-dealkylation sites (tertiary alicyclic amines) is 1. The summed E-state index contributed by atoms with van der Waals surface area (Å²) in [6.45, 7) is 4.36. The van der Waals surface area contributed by atoms with E-state index in [-0.39, 0.29) is 11.7 Å². The number of piperidine rings is 1. The standard InChI is InChI=1S/C23H27N3O4/c1-23(15-29-19-8-4-5-9-20(19)30-23)21(27)14-25-12-10-16(11-13-25)26-18-7-3-2-6-17(18)24-22(26)28/h2-9,16,21,27H,10-15H2,1H3,(H,24,28). The van der Waals surface area contributed by atoms with Crippen LogP contribution in [0.3, 0.4) is 0 Å². The average Bonchev–Trinajstić information content (AvgIpc) is 3.10. The Balaban J connectivity index is 1.23. The van der Waals surface area contributed by atoms with Gasteiger partial charge in [0.2, 0.25) is 0 Å². The second-order valence-electron chi connectivity index (χ2n) is 8.52. The van der Waals surface area contributed by atoms with Crippen molar-refractivity contribution in [2.75, 3.05) is 26.2 Å². The zero-order valence-electron chi connectivity index (χ0n) is 17.1. The highest BCUT2D eigenvalue weighted by atomic mass is 16.6. The van der Waals surface area contributed by atoms with Crippen LogP contribution >= 0.6 is 0 Å². The van der Waals surface area contributed by atoms with Crippen LogP contribution < -0.4 is 15.2 Å². The number of H-pyrrole nitrogens is 1. The van der Waals surface area contributed by atoms with Gasteiger partial charge in [0.05, 0.1) is 11.0 Å². The molecule has 0 amide bonds. The first kappa shape index (κ1) is 19.2. The van der Waals surface area contributed by atoms with Crippen LogP contribution in [0.25, 0.3) is 11.0 Å². The zero-order chi connectivity index (χ0) is 20.7. The van der Waals surface area contributed by atoms with Gasteiger partial charge in [-0.15, -0.1) is 0 Å². The highest BCUT2D eigenvalue weighted by Gasteiger charge is 2.41. The number of nitrogens with zero attached hydrogens (tertiary/aromatic N) is 2. The number of fused-ring (bicyclic) bond motifs is 2. The molecule has 2 N–H and O–H groups in total. The van der Waals surface area contributed by atoms with E-state index < -0.39 is 11.7 Å². The fourth-order valence-electron chi connectivity index (χ4n) is 4.55. The molecule has 0 saturated carbocycles. The maximum atomic E-state index is 12.5. The molecular formula is C23H27N3O4. The number of β-amino-alcohol motifs (C(OH)–C–C–N with tert-alkyl or cyclic N) is 1. The zero-order valence-corrected chi connectivity index (χ0v) is 17.1. The molecule has 158 valence electrons. The first-order chi connectivity index (χ1) is 14.5. The minimum absolute atomic E-state index is 0.0476. The van der Waals surface area contributed by atoms with E-state index in [2.05, 4.69) is 9.88 Å². The van der Waals surface area contributed by atoms with Gasteiger partial charge >= 0.3 is 5.69 Å². The molecule has 2 atom stereocenters. The summed E-state index contributed by atoms with van der Waals surface area (Å²) in [4.78, 5) is 17.7. The molecule has 30 heavy (non-hydrogen) atoms. The van der Waals surface area contributed by atoms with E-state index in [0.717, 1.165) is 37.0 Å². The number of nitrogens with one attached hydrogen (secondary N) is 1. The Hall–Kier alpha value is -2.77. The van der Waals surface area contributed by atoms with Gasteiger partial charge in [0, 0.05) is 25.7 Å². The van der Waals surface area contributed by atoms with Gasteiger partial charge in [-0.1, -0.05) is 24.3 Å². The summed E-state index contributed by atoms with van der Waals surface area (Å²) in [6, 6.07) is 15.5. The van der Waals surface area contributed by atoms with Crippen LogP contribution in [0.5, 0.6) is 11.5 Å². The highest BCUT2D eigenvalue weighted by Crippen LogP contribution is 2.36. The molecule has 2 aliphatic heterocycles. The first-order valence-corrected chi connectivity index (χ1v) is 10.5. The minimum Gasteiger partial charge on any atom is -0.485 e. The van der Waals surface area contributed by atoms with Gasteiger partial charge in [-0.2, -0.15) is 0 Å². The number of aromatic nitrogens is 2. The van der Waals surface area contributed by atoms with Crippen LogP contribution in [0.15, 0.2) is 53.3 Å². The van der Waals surface area contributed by atoms with Crippen molar-refractivity contribution in [2.24, 2.45) is 0 Å². The Morgan fingerprint density at radius 2 is 1.83 bits per heavy atom. The fraction of sp³-hybridized carbons (Fsp3) is 0.435. The molecule has 0 radical (unpaired) electrons. The molecule has 1 saturated heterocycles. The molecule has 7 heteroatoms. The van der Waals surface area contributed by atoms with E-state index in [4.69, 9.17) is 9.47 Å². The third-order valence-electron chi connectivity index (χ3n) is 6.39. The number of imidazole rings is 1. The van der Waals surface area contributed by atoms with E-state index in [1.807, 2.05) is 60.0 Å². The Kier molecular flexibility index (Phi) is 4.79. The Labute approximate surface area is 174 Å². The maximum absolute atomic E-state index is 12.5. The van der Waals surface area contributed by atoms with Crippen LogP contribution in [0.2, 0.25) is 0 Å². The molecule has 2 aromatic carbocycles. The third kappa shape index (κ3) is 3.38. The van der Waals surface area contributed by atoms with E-state index in [9.17, 15) is 9.90 Å². The lowest BCUT2D eigenvalue weighted by Crippen LogP contribution is -2.56. The third-order valence-corrected chi connectivity index (χ3v) is 6.39. The molecule has 5 rings (SSSR count). The number of aliphatic hydroxyl groups excluding tert-OH is 1. The number of para-hydroxylation sites is 4. The summed E-state index contributed by atoms with van der Waals surface area (Å²) >= 11 is 0. The predicted octanol–water partition coefficient (Wildman–Crippen LogP) is 2.56. The second-order valence-corrected chi connectivity index (χ2v) is 8.52. The minimum atomic E-state index is -0.793. The van der Waals surface area contributed by atoms with Crippen LogP contribution in [0.4, 0.5) is 0 Å². The molecule has 0 spiro atoms. The summed E-state index contributed by atoms with van der Waals surface area (Å²) in [6.07, 6.45) is 1.05. The summed E-state index contributed by atoms with van der Waals surface area (Å²) in [5, 5.41) is 10.9. The van der Waals surface area contributed by atoms with E-state index in [0.29, 0.717) is 24.7 Å². The van der Waals surface area contributed by atoms with Crippen molar-refractivity contribution in [1.29, 1.82) is 0 Å². The Morgan fingerprint density at radius 3 is 2.63 bits per heavy atom. The van der Waals surface area contributed by atoms with Gasteiger partial charge in [0.15, 0.2) is 17.1 Å². The van der Waals surface area contributed by atoms with E-state index in [1.165, 1.54) is 0 Å². The van der Waals surface area contributed by atoms with Gasteiger partial charge in [-0.05, 0) is 44.0 Å². The topological polar surface area (TPSA) is 79.7 Å². The molecule has 3 aromatic rings. The molecular weight excluding hydrogens is 382 g/mol. The van der Waals surface area contributed by atoms with Crippen LogP contribution in [0, 0.1) is 0 Å². The van der Waals surface area contributed by atoms with Crippen LogP contribution in [-0.2, 0) is 0 Å².